The minimum Gasteiger partial charge on any atom is -0.482 e. The molecule has 0 bridgehead atoms. The van der Waals surface area contributed by atoms with Gasteiger partial charge in [0.25, 0.3) is 5.95 Å². The summed E-state index contributed by atoms with van der Waals surface area (Å²) in [6.07, 6.45) is 2.20. The first-order chi connectivity index (χ1) is 15.7. The number of carbonyl (C=O) groups is 1. The molecule has 1 aliphatic rings. The lowest BCUT2D eigenvalue weighted by Gasteiger charge is -2.15. The molecule has 4 rings (SSSR count). The van der Waals surface area contributed by atoms with Gasteiger partial charge in [-0.1, -0.05) is 30.3 Å². The fourth-order valence-electron chi connectivity index (χ4n) is 3.22. The molecule has 0 amide bonds. The monoisotopic (exact) mass is 433 g/mol. The minimum atomic E-state index is -1.03. The fourth-order valence-corrected chi connectivity index (χ4v) is 3.22. The van der Waals surface area contributed by atoms with Crippen molar-refractivity contribution in [2.24, 2.45) is 10.2 Å². The maximum Gasteiger partial charge on any atom is 0.341 e. The van der Waals surface area contributed by atoms with Gasteiger partial charge in [0.05, 0.1) is 6.54 Å². The molecule has 2 heterocycles. The number of carboxylic acid groups (broad SMARTS) is 1. The van der Waals surface area contributed by atoms with E-state index in [1.165, 1.54) is 0 Å². The summed E-state index contributed by atoms with van der Waals surface area (Å²) in [5.74, 6) is 0.642. The molecule has 32 heavy (non-hydrogen) atoms. The number of ether oxygens (including phenoxy) is 1. The van der Waals surface area contributed by atoms with Gasteiger partial charge >= 0.3 is 5.97 Å². The van der Waals surface area contributed by atoms with Crippen molar-refractivity contribution in [1.29, 1.82) is 0 Å². The molecule has 1 aliphatic heterocycles. The van der Waals surface area contributed by atoms with Crippen molar-refractivity contribution >= 4 is 29.5 Å². The largest absolute Gasteiger partial charge is 0.482 e. The number of rotatable bonds is 9. The molecular weight excluding hydrogens is 410 g/mol. The van der Waals surface area contributed by atoms with Crippen LogP contribution in [0, 0.1) is 0 Å². The van der Waals surface area contributed by atoms with E-state index in [0.29, 0.717) is 17.6 Å². The first-order valence-electron chi connectivity index (χ1n) is 10.3. The molecule has 0 atom stereocenters. The van der Waals surface area contributed by atoms with E-state index in [4.69, 9.17) is 9.84 Å². The van der Waals surface area contributed by atoms with Crippen molar-refractivity contribution in [1.82, 2.24) is 15.0 Å². The van der Waals surface area contributed by atoms with E-state index < -0.39 is 12.6 Å². The highest BCUT2D eigenvalue weighted by Crippen LogP contribution is 2.22. The van der Waals surface area contributed by atoms with Crippen molar-refractivity contribution in [3.8, 4) is 5.75 Å². The number of anilines is 3. The molecule has 2 aromatic carbocycles. The van der Waals surface area contributed by atoms with Crippen LogP contribution in [0.3, 0.4) is 0 Å². The van der Waals surface area contributed by atoms with Gasteiger partial charge in [0.15, 0.2) is 6.61 Å². The lowest BCUT2D eigenvalue weighted by Crippen LogP contribution is -2.21. The molecule has 10 nitrogen and oxygen atoms in total. The van der Waals surface area contributed by atoms with Crippen LogP contribution in [-0.4, -0.2) is 45.7 Å². The van der Waals surface area contributed by atoms with E-state index in [0.717, 1.165) is 37.2 Å². The maximum atomic E-state index is 10.7. The van der Waals surface area contributed by atoms with Crippen molar-refractivity contribution in [3.05, 3.63) is 60.2 Å². The van der Waals surface area contributed by atoms with Gasteiger partial charge in [-0.25, -0.2) is 4.79 Å². The summed E-state index contributed by atoms with van der Waals surface area (Å²) in [5, 5.41) is 20.4. The Hall–Kier alpha value is -4.08. The molecule has 2 N–H and O–H groups in total. The Morgan fingerprint density at radius 2 is 1.88 bits per heavy atom. The fraction of sp³-hybridized carbons (Fsp3) is 0.273. The average Bonchev–Trinajstić information content (AvgIpc) is 3.34. The lowest BCUT2D eigenvalue weighted by atomic mass is 10.2. The Labute approximate surface area is 185 Å². The van der Waals surface area contributed by atoms with E-state index in [1.807, 2.05) is 36.4 Å². The van der Waals surface area contributed by atoms with Crippen LogP contribution < -0.4 is 15.0 Å². The molecule has 0 radical (unpaired) electrons. The molecule has 0 unspecified atom stereocenters. The zero-order chi connectivity index (χ0) is 22.2. The van der Waals surface area contributed by atoms with Gasteiger partial charge in [-0.05, 0) is 42.7 Å². The van der Waals surface area contributed by atoms with Gasteiger partial charge in [0.1, 0.15) is 5.75 Å². The Bertz CT molecular complexity index is 1090. The SMILES string of the molecule is O=C(O)COc1cccc(CN=Nc2nc(Nc3ccccc3)nc(N3CCCC3)n2)c1. The van der Waals surface area contributed by atoms with E-state index in [1.54, 1.807) is 18.2 Å². The van der Waals surface area contributed by atoms with Gasteiger partial charge in [0, 0.05) is 18.8 Å². The first kappa shape index (κ1) is 21.2. The number of nitrogens with zero attached hydrogens (tertiary/aromatic N) is 6. The summed E-state index contributed by atoms with van der Waals surface area (Å²) >= 11 is 0. The second-order valence-corrected chi connectivity index (χ2v) is 7.17. The molecule has 10 heteroatoms. The average molecular weight is 433 g/mol. The summed E-state index contributed by atoms with van der Waals surface area (Å²) in [6, 6.07) is 16.7. The Balaban J connectivity index is 1.50. The third-order valence-corrected chi connectivity index (χ3v) is 4.70. The Kier molecular flexibility index (Phi) is 6.81. The second kappa shape index (κ2) is 10.3. The van der Waals surface area contributed by atoms with Gasteiger partial charge in [-0.2, -0.15) is 20.1 Å². The van der Waals surface area contributed by atoms with E-state index in [-0.39, 0.29) is 12.5 Å². The maximum absolute atomic E-state index is 10.7. The summed E-state index contributed by atoms with van der Waals surface area (Å²) in [4.78, 5) is 26.2. The van der Waals surface area contributed by atoms with Crippen molar-refractivity contribution in [3.63, 3.8) is 0 Å². The number of nitrogens with one attached hydrogen (secondary N) is 1. The van der Waals surface area contributed by atoms with Crippen LogP contribution in [0.1, 0.15) is 18.4 Å². The number of aromatic nitrogens is 3. The van der Waals surface area contributed by atoms with E-state index in [9.17, 15) is 4.79 Å². The molecule has 0 aliphatic carbocycles. The van der Waals surface area contributed by atoms with Crippen molar-refractivity contribution in [2.75, 3.05) is 29.9 Å². The highest BCUT2D eigenvalue weighted by atomic mass is 16.5. The zero-order valence-corrected chi connectivity index (χ0v) is 17.4. The molecule has 0 spiro atoms. The highest BCUT2D eigenvalue weighted by molar-refractivity contribution is 5.68. The lowest BCUT2D eigenvalue weighted by molar-refractivity contribution is -0.139. The first-order valence-corrected chi connectivity index (χ1v) is 10.3. The quantitative estimate of drug-likeness (QED) is 0.486. The molecule has 0 saturated carbocycles. The van der Waals surface area contributed by atoms with Gasteiger partial charge in [-0.3, -0.25) is 0 Å². The number of azo groups is 1. The number of para-hydroxylation sites is 1. The van der Waals surface area contributed by atoms with Crippen LogP contribution in [0.5, 0.6) is 5.75 Å². The predicted molar refractivity (Wildman–Crippen MR) is 119 cm³/mol. The van der Waals surface area contributed by atoms with Crippen LogP contribution in [-0.2, 0) is 11.3 Å². The Morgan fingerprint density at radius 3 is 2.66 bits per heavy atom. The summed E-state index contributed by atoms with van der Waals surface area (Å²) in [6.45, 7) is 1.67. The van der Waals surface area contributed by atoms with Crippen LogP contribution in [0.2, 0.25) is 0 Å². The molecule has 3 aromatic rings. The van der Waals surface area contributed by atoms with Gasteiger partial charge in [-0.15, -0.1) is 5.11 Å². The third-order valence-electron chi connectivity index (χ3n) is 4.70. The number of aliphatic carboxylic acids is 1. The van der Waals surface area contributed by atoms with Gasteiger partial charge < -0.3 is 20.1 Å². The molecule has 1 saturated heterocycles. The molecule has 164 valence electrons. The molecule has 1 aromatic heterocycles. The van der Waals surface area contributed by atoms with Crippen molar-refractivity contribution < 1.29 is 14.6 Å². The summed E-state index contributed by atoms with van der Waals surface area (Å²) < 4.78 is 5.20. The normalized spacial score (nSPS) is 13.4. The minimum absolute atomic E-state index is 0.221. The summed E-state index contributed by atoms with van der Waals surface area (Å²) in [5.41, 5.74) is 1.69. The number of hydrogen-bond acceptors (Lipinski definition) is 9. The van der Waals surface area contributed by atoms with E-state index >= 15 is 0 Å². The number of carboxylic acids is 1. The highest BCUT2D eigenvalue weighted by Gasteiger charge is 2.17. The third kappa shape index (κ3) is 5.97. The van der Waals surface area contributed by atoms with Crippen molar-refractivity contribution in [2.45, 2.75) is 19.4 Å². The smallest absolute Gasteiger partial charge is 0.341 e. The topological polar surface area (TPSA) is 125 Å². The second-order valence-electron chi connectivity index (χ2n) is 7.17. The summed E-state index contributed by atoms with van der Waals surface area (Å²) in [7, 11) is 0. The van der Waals surface area contributed by atoms with Crippen LogP contribution in [0.15, 0.2) is 64.8 Å². The molecular formula is C22H23N7O3. The van der Waals surface area contributed by atoms with Crippen LogP contribution in [0.4, 0.5) is 23.5 Å². The van der Waals surface area contributed by atoms with Crippen LogP contribution in [0.25, 0.3) is 0 Å². The number of hydrogen-bond donors (Lipinski definition) is 2. The molecule has 1 fully saturated rings. The number of benzene rings is 2. The van der Waals surface area contributed by atoms with Crippen LogP contribution >= 0.6 is 0 Å². The predicted octanol–water partition coefficient (Wildman–Crippen LogP) is 3.96. The Morgan fingerprint density at radius 1 is 1.06 bits per heavy atom. The standard InChI is InChI=1S/C22H23N7O3/c30-19(31)15-32-18-10-6-7-16(13-18)14-23-28-21-25-20(24-17-8-2-1-3-9-17)26-22(27-21)29-11-4-5-12-29/h1-3,6-10,13H,4-5,11-12,14-15H2,(H,30,31)(H,24,25,26,27). The van der Waals surface area contributed by atoms with Gasteiger partial charge in [0.2, 0.25) is 11.9 Å². The van der Waals surface area contributed by atoms with E-state index in [2.05, 4.69) is 35.4 Å². The zero-order valence-electron chi connectivity index (χ0n) is 17.4.